The van der Waals surface area contributed by atoms with Crippen LogP contribution in [0.4, 0.5) is 5.69 Å². The fourth-order valence-corrected chi connectivity index (χ4v) is 3.99. The summed E-state index contributed by atoms with van der Waals surface area (Å²) in [6.45, 7) is 2.10. The van der Waals surface area contributed by atoms with Gasteiger partial charge in [0, 0.05) is 25.9 Å². The number of nitrogens with one attached hydrogen (secondary N) is 1. The first-order valence-corrected chi connectivity index (χ1v) is 11.5. The maximum atomic E-state index is 13.2. The number of nitrogens with zero attached hydrogens (tertiary/aromatic N) is 6. The molecule has 1 atom stereocenters. The van der Waals surface area contributed by atoms with E-state index in [1.165, 1.54) is 4.68 Å². The van der Waals surface area contributed by atoms with Crippen LogP contribution >= 0.6 is 12.2 Å². The molecule has 5 rings (SSSR count). The number of hydrogen-bond donors (Lipinski definition) is 1. The van der Waals surface area contributed by atoms with E-state index in [1.54, 1.807) is 12.4 Å². The van der Waals surface area contributed by atoms with Crippen molar-refractivity contribution in [2.75, 3.05) is 18.6 Å². The van der Waals surface area contributed by atoms with E-state index in [0.29, 0.717) is 28.9 Å². The zero-order chi connectivity index (χ0) is 24.4. The number of thiocarbonyl (C=S) groups is 1. The van der Waals surface area contributed by atoms with Crippen LogP contribution in [-0.2, 0) is 6.42 Å². The third kappa shape index (κ3) is 4.73. The fraction of sp³-hybridized carbons (Fsp3) is 0.200. The molecule has 4 aromatic rings. The molecular formula is C25H23N7O2S. The van der Waals surface area contributed by atoms with Crippen molar-refractivity contribution in [3.8, 4) is 11.7 Å². The Morgan fingerprint density at radius 3 is 2.60 bits per heavy atom. The molecule has 1 amide bonds. The van der Waals surface area contributed by atoms with Gasteiger partial charge in [0.25, 0.3) is 11.9 Å². The fourth-order valence-electron chi connectivity index (χ4n) is 3.77. The van der Waals surface area contributed by atoms with Crippen molar-refractivity contribution in [3.05, 3.63) is 89.8 Å². The number of fused-ring (bicyclic) bond motifs is 1. The third-order valence-electron chi connectivity index (χ3n) is 5.61. The first-order chi connectivity index (χ1) is 17.0. The Kier molecular flexibility index (Phi) is 6.19. The van der Waals surface area contributed by atoms with Crippen LogP contribution < -0.4 is 15.0 Å². The minimum absolute atomic E-state index is 0.00678. The molecule has 1 aliphatic heterocycles. The minimum Gasteiger partial charge on any atom is -0.489 e. The van der Waals surface area contributed by atoms with Crippen LogP contribution in [0.1, 0.15) is 27.6 Å². The molecule has 0 spiro atoms. The second kappa shape index (κ2) is 9.59. The lowest BCUT2D eigenvalue weighted by Gasteiger charge is -2.23. The summed E-state index contributed by atoms with van der Waals surface area (Å²) in [7, 11) is 1.86. The summed E-state index contributed by atoms with van der Waals surface area (Å²) >= 11 is 5.65. The highest BCUT2D eigenvalue weighted by Crippen LogP contribution is 2.30. The highest BCUT2D eigenvalue weighted by molar-refractivity contribution is 7.80. The number of rotatable bonds is 5. The van der Waals surface area contributed by atoms with E-state index < -0.39 is 11.9 Å². The van der Waals surface area contributed by atoms with E-state index in [1.807, 2.05) is 73.5 Å². The molecule has 1 N–H and O–H groups in total. The monoisotopic (exact) mass is 485 g/mol. The van der Waals surface area contributed by atoms with Gasteiger partial charge in [0.2, 0.25) is 5.82 Å². The lowest BCUT2D eigenvalue weighted by molar-refractivity contribution is 0.0927. The van der Waals surface area contributed by atoms with Crippen molar-refractivity contribution in [2.45, 2.75) is 19.4 Å². The molecule has 10 heteroatoms. The molecule has 2 aromatic carbocycles. The van der Waals surface area contributed by atoms with E-state index in [2.05, 4.69) is 25.4 Å². The van der Waals surface area contributed by atoms with Gasteiger partial charge in [0.1, 0.15) is 29.2 Å². The number of ether oxygens (including phenoxy) is 1. The van der Waals surface area contributed by atoms with Gasteiger partial charge in [-0.05, 0) is 30.2 Å². The Labute approximate surface area is 207 Å². The number of amides is 1. The molecule has 3 heterocycles. The molecule has 35 heavy (non-hydrogen) atoms. The summed E-state index contributed by atoms with van der Waals surface area (Å²) in [5, 5.41) is 7.38. The number of anilines is 1. The van der Waals surface area contributed by atoms with Crippen molar-refractivity contribution in [2.24, 2.45) is 0 Å². The van der Waals surface area contributed by atoms with E-state index >= 15 is 0 Å². The minimum atomic E-state index is -0.532. The van der Waals surface area contributed by atoms with Gasteiger partial charge in [-0.25, -0.2) is 15.0 Å². The average molecular weight is 486 g/mol. The van der Waals surface area contributed by atoms with E-state index in [-0.39, 0.29) is 12.4 Å². The van der Waals surface area contributed by atoms with Crippen LogP contribution in [0, 0.1) is 6.92 Å². The molecule has 0 saturated heterocycles. The van der Waals surface area contributed by atoms with Crippen molar-refractivity contribution in [1.82, 2.24) is 30.0 Å². The van der Waals surface area contributed by atoms with Gasteiger partial charge in [-0.3, -0.25) is 4.79 Å². The summed E-state index contributed by atoms with van der Waals surface area (Å²) in [6, 6.07) is 16.9. The summed E-state index contributed by atoms with van der Waals surface area (Å²) in [5.41, 5.74) is 2.79. The molecular weight excluding hydrogens is 462 g/mol. The summed E-state index contributed by atoms with van der Waals surface area (Å²) < 4.78 is 7.42. The lowest BCUT2D eigenvalue weighted by Crippen LogP contribution is -2.48. The normalized spacial score (nSPS) is 15.2. The van der Waals surface area contributed by atoms with Crippen molar-refractivity contribution in [3.63, 3.8) is 0 Å². The second-order valence-corrected chi connectivity index (χ2v) is 8.61. The Balaban J connectivity index is 1.42. The van der Waals surface area contributed by atoms with Crippen LogP contribution in [0.25, 0.3) is 5.95 Å². The van der Waals surface area contributed by atoms with Crippen LogP contribution in [0.3, 0.4) is 0 Å². The van der Waals surface area contributed by atoms with Crippen LogP contribution in [0.2, 0.25) is 0 Å². The molecule has 0 bridgehead atoms. The number of carbonyl (C=O) groups excluding carboxylic acids is 1. The first-order valence-electron chi connectivity index (χ1n) is 11.1. The molecule has 0 fully saturated rings. The molecule has 1 aliphatic rings. The predicted octanol–water partition coefficient (Wildman–Crippen LogP) is 2.91. The highest BCUT2D eigenvalue weighted by Gasteiger charge is 2.29. The van der Waals surface area contributed by atoms with Crippen LogP contribution in [0.5, 0.6) is 5.75 Å². The zero-order valence-corrected chi connectivity index (χ0v) is 20.1. The van der Waals surface area contributed by atoms with Gasteiger partial charge < -0.3 is 15.0 Å². The maximum absolute atomic E-state index is 13.2. The summed E-state index contributed by atoms with van der Waals surface area (Å²) in [5.74, 6) is 1.15. The van der Waals surface area contributed by atoms with Crippen LogP contribution in [-0.4, -0.2) is 55.3 Å². The van der Waals surface area contributed by atoms with Gasteiger partial charge in [0.05, 0.1) is 5.69 Å². The van der Waals surface area contributed by atoms with Gasteiger partial charge in [0.15, 0.2) is 0 Å². The van der Waals surface area contributed by atoms with Crippen molar-refractivity contribution >= 4 is 28.8 Å². The van der Waals surface area contributed by atoms with Crippen molar-refractivity contribution < 1.29 is 9.53 Å². The number of benzene rings is 2. The summed E-state index contributed by atoms with van der Waals surface area (Å²) in [4.78, 5) is 28.9. The Morgan fingerprint density at radius 1 is 1.11 bits per heavy atom. The number of likely N-dealkylation sites (N-methyl/N-ethyl adjacent to an activating group) is 1. The van der Waals surface area contributed by atoms with Crippen molar-refractivity contribution in [1.29, 1.82) is 0 Å². The number of carbonyl (C=O) groups is 1. The largest absolute Gasteiger partial charge is 0.489 e. The van der Waals surface area contributed by atoms with E-state index in [9.17, 15) is 4.79 Å². The predicted molar refractivity (Wildman–Crippen MR) is 135 cm³/mol. The maximum Gasteiger partial charge on any atom is 0.291 e. The van der Waals surface area contributed by atoms with Crippen LogP contribution in [0.15, 0.2) is 67.0 Å². The lowest BCUT2D eigenvalue weighted by atomic mass is 10.1. The third-order valence-corrected chi connectivity index (χ3v) is 6.16. The molecule has 0 unspecified atom stereocenters. The quantitative estimate of drug-likeness (QED) is 0.431. The number of para-hydroxylation sites is 2. The Morgan fingerprint density at radius 2 is 1.83 bits per heavy atom. The number of hydrogen-bond acceptors (Lipinski definition) is 7. The first kappa shape index (κ1) is 22.6. The number of aryl methyl sites for hydroxylation is 1. The topological polar surface area (TPSA) is 98.1 Å². The van der Waals surface area contributed by atoms with Gasteiger partial charge >= 0.3 is 0 Å². The smallest absolute Gasteiger partial charge is 0.291 e. The number of aromatic nitrogens is 5. The Hall–Kier alpha value is -4.18. The second-order valence-electron chi connectivity index (χ2n) is 8.19. The molecule has 0 aliphatic carbocycles. The molecule has 0 saturated carbocycles. The molecule has 176 valence electrons. The standard InChI is InChI=1S/C25H23N7O2S/c1-16-13-26-25(27-14-16)32-21(12-17-8-4-3-5-9-17)29-22(30-32)23(33)28-18-15-34-20-11-7-6-10-19(20)31(2)24(18)35/h3-11,13-14,18H,12,15H2,1-2H3,(H,28,33)/t18-/m0/s1. The van der Waals surface area contributed by atoms with E-state index in [4.69, 9.17) is 17.0 Å². The average Bonchev–Trinajstić information content (AvgIpc) is 3.26. The molecule has 9 nitrogen and oxygen atoms in total. The zero-order valence-electron chi connectivity index (χ0n) is 19.3. The Bertz CT molecular complexity index is 1370. The summed E-state index contributed by atoms with van der Waals surface area (Å²) in [6.07, 6.45) is 3.86. The highest BCUT2D eigenvalue weighted by atomic mass is 32.1. The molecule has 2 aromatic heterocycles. The SMILES string of the molecule is Cc1cnc(-n2nc(C(=O)N[C@H]3COc4ccccc4N(C)C3=S)nc2Cc2ccccc2)nc1. The van der Waals surface area contributed by atoms with Gasteiger partial charge in [-0.15, -0.1) is 5.10 Å². The van der Waals surface area contributed by atoms with Gasteiger partial charge in [-0.2, -0.15) is 4.68 Å². The molecule has 0 radical (unpaired) electrons. The van der Waals surface area contributed by atoms with E-state index in [0.717, 1.165) is 16.8 Å². The van der Waals surface area contributed by atoms with Gasteiger partial charge in [-0.1, -0.05) is 54.7 Å².